The normalized spacial score (nSPS) is 12.8. The van der Waals surface area contributed by atoms with E-state index in [-0.39, 0.29) is 37.5 Å². The molecular formula is C73H124O6. The van der Waals surface area contributed by atoms with Gasteiger partial charge < -0.3 is 14.2 Å². The largest absolute Gasteiger partial charge is 0.462 e. The van der Waals surface area contributed by atoms with Crippen LogP contribution in [0, 0.1) is 0 Å². The van der Waals surface area contributed by atoms with Crippen LogP contribution in [0.2, 0.25) is 0 Å². The van der Waals surface area contributed by atoms with E-state index in [9.17, 15) is 14.4 Å². The number of hydrogen-bond donors (Lipinski definition) is 0. The summed E-state index contributed by atoms with van der Waals surface area (Å²) in [6.45, 7) is 6.45. The van der Waals surface area contributed by atoms with E-state index in [1.807, 2.05) is 0 Å². The zero-order valence-corrected chi connectivity index (χ0v) is 51.9. The zero-order chi connectivity index (χ0) is 57.1. The van der Waals surface area contributed by atoms with Crippen molar-refractivity contribution in [1.82, 2.24) is 0 Å². The molecule has 0 fully saturated rings. The molecule has 0 saturated heterocycles. The maximum atomic E-state index is 12.9. The van der Waals surface area contributed by atoms with Gasteiger partial charge in [-0.2, -0.15) is 0 Å². The summed E-state index contributed by atoms with van der Waals surface area (Å²) in [5, 5.41) is 0. The number of unbranched alkanes of at least 4 members (excludes halogenated alkanes) is 31. The van der Waals surface area contributed by atoms with Crippen LogP contribution in [0.4, 0.5) is 0 Å². The lowest BCUT2D eigenvalue weighted by atomic mass is 10.0. The molecule has 0 bridgehead atoms. The molecule has 0 spiro atoms. The third-order valence-corrected chi connectivity index (χ3v) is 14.3. The average molecular weight is 1100 g/mol. The predicted molar refractivity (Wildman–Crippen MR) is 343 cm³/mol. The van der Waals surface area contributed by atoms with E-state index in [1.54, 1.807) is 0 Å². The molecule has 0 aromatic rings. The van der Waals surface area contributed by atoms with E-state index < -0.39 is 6.10 Å². The van der Waals surface area contributed by atoms with Gasteiger partial charge in [0.15, 0.2) is 6.10 Å². The minimum absolute atomic E-state index is 0.0945. The second kappa shape index (κ2) is 66.6. The first-order valence-electron chi connectivity index (χ1n) is 33.4. The summed E-state index contributed by atoms with van der Waals surface area (Å²) in [5.41, 5.74) is 0. The fourth-order valence-corrected chi connectivity index (χ4v) is 9.33. The lowest BCUT2D eigenvalue weighted by Crippen LogP contribution is -2.30. The van der Waals surface area contributed by atoms with Crippen LogP contribution in [0.3, 0.4) is 0 Å². The van der Waals surface area contributed by atoms with E-state index in [1.165, 1.54) is 167 Å². The number of carbonyl (C=O) groups is 3. The first kappa shape index (κ1) is 75.1. The van der Waals surface area contributed by atoms with Gasteiger partial charge in [0, 0.05) is 19.3 Å². The van der Waals surface area contributed by atoms with Crippen LogP contribution in [0.15, 0.2) is 109 Å². The smallest absolute Gasteiger partial charge is 0.306 e. The predicted octanol–water partition coefficient (Wildman–Crippen LogP) is 23.0. The molecule has 452 valence electrons. The Morgan fingerprint density at radius 2 is 0.494 bits per heavy atom. The van der Waals surface area contributed by atoms with Crippen molar-refractivity contribution < 1.29 is 28.6 Å². The summed E-state index contributed by atoms with van der Waals surface area (Å²) < 4.78 is 16.8. The number of rotatable bonds is 60. The van der Waals surface area contributed by atoms with Crippen molar-refractivity contribution in [1.29, 1.82) is 0 Å². The molecule has 0 radical (unpaired) electrons. The van der Waals surface area contributed by atoms with Gasteiger partial charge in [0.1, 0.15) is 13.2 Å². The van der Waals surface area contributed by atoms with E-state index in [0.717, 1.165) is 103 Å². The fourth-order valence-electron chi connectivity index (χ4n) is 9.33. The molecule has 6 nitrogen and oxygen atoms in total. The Hall–Kier alpha value is -3.93. The highest BCUT2D eigenvalue weighted by molar-refractivity contribution is 5.71. The Bertz CT molecular complexity index is 1590. The number of carbonyl (C=O) groups excluding carboxylic acids is 3. The highest BCUT2D eigenvalue weighted by Gasteiger charge is 2.19. The van der Waals surface area contributed by atoms with E-state index in [2.05, 4.69) is 130 Å². The molecule has 0 rings (SSSR count). The van der Waals surface area contributed by atoms with Crippen LogP contribution in [0.25, 0.3) is 0 Å². The van der Waals surface area contributed by atoms with Gasteiger partial charge in [0.2, 0.25) is 0 Å². The summed E-state index contributed by atoms with van der Waals surface area (Å²) in [7, 11) is 0. The molecule has 0 saturated carbocycles. The van der Waals surface area contributed by atoms with E-state index in [4.69, 9.17) is 14.2 Å². The van der Waals surface area contributed by atoms with Crippen LogP contribution in [0.5, 0.6) is 0 Å². The highest BCUT2D eigenvalue weighted by atomic mass is 16.6. The standard InChI is InChI=1S/C73H124O6/c1-4-7-10-13-16-18-20-22-24-26-28-30-32-34-36-37-38-40-41-43-45-47-49-51-53-55-57-60-63-66-72(75)78-69-70(68-77-71(74)65-62-59-15-12-9-6-3)79-73(76)67-64-61-58-56-54-52-50-48-46-44-42-39-35-33-31-29-27-25-23-21-19-17-14-11-8-5-2/h7,10,16,18,22,24,28,30,34,36,38,40,43,45,49,51,55,57,70H,4-6,8-9,11-15,17,19-21,23,25-27,29,31-33,35,37,39,41-42,44,46-48,50,52-54,56,58-69H2,1-3H3/b10-7-,18-16-,24-22-,30-28-,36-34-,40-38-,45-43-,51-49-,57-55-. The third kappa shape index (κ3) is 64.8. The molecule has 0 aromatic heterocycles. The van der Waals surface area contributed by atoms with Crippen molar-refractivity contribution in [3.05, 3.63) is 109 Å². The van der Waals surface area contributed by atoms with E-state index >= 15 is 0 Å². The van der Waals surface area contributed by atoms with Gasteiger partial charge in [-0.25, -0.2) is 0 Å². The minimum atomic E-state index is -0.799. The van der Waals surface area contributed by atoms with Crippen LogP contribution in [-0.4, -0.2) is 37.2 Å². The average Bonchev–Trinajstić information content (AvgIpc) is 3.45. The molecule has 79 heavy (non-hydrogen) atoms. The molecule has 0 aliphatic heterocycles. The Kier molecular flexibility index (Phi) is 63.3. The number of hydrogen-bond acceptors (Lipinski definition) is 6. The molecule has 0 amide bonds. The fraction of sp³-hybridized carbons (Fsp3) is 0.712. The lowest BCUT2D eigenvalue weighted by molar-refractivity contribution is -0.167. The molecule has 6 heteroatoms. The van der Waals surface area contributed by atoms with Crippen molar-refractivity contribution in [3.8, 4) is 0 Å². The first-order chi connectivity index (χ1) is 39.0. The quantitative estimate of drug-likeness (QED) is 0.0261. The number of esters is 3. The molecule has 0 aliphatic rings. The van der Waals surface area contributed by atoms with Crippen molar-refractivity contribution in [2.45, 2.75) is 322 Å². The second-order valence-electron chi connectivity index (χ2n) is 22.0. The van der Waals surface area contributed by atoms with Gasteiger partial charge in [-0.3, -0.25) is 14.4 Å². The van der Waals surface area contributed by atoms with Gasteiger partial charge in [-0.05, 0) is 83.5 Å². The number of ether oxygens (including phenoxy) is 3. The van der Waals surface area contributed by atoms with Gasteiger partial charge in [0.05, 0.1) is 0 Å². The van der Waals surface area contributed by atoms with Crippen LogP contribution < -0.4 is 0 Å². The second-order valence-corrected chi connectivity index (χ2v) is 22.0. The van der Waals surface area contributed by atoms with Crippen molar-refractivity contribution in [2.75, 3.05) is 13.2 Å². The maximum Gasteiger partial charge on any atom is 0.306 e. The summed E-state index contributed by atoms with van der Waals surface area (Å²) >= 11 is 0. The number of allylic oxidation sites excluding steroid dienone is 18. The Morgan fingerprint density at radius 3 is 0.772 bits per heavy atom. The summed E-state index contributed by atoms with van der Waals surface area (Å²) in [6.07, 6.45) is 91.6. The van der Waals surface area contributed by atoms with Crippen LogP contribution in [0.1, 0.15) is 316 Å². The molecule has 0 heterocycles. The van der Waals surface area contributed by atoms with E-state index in [0.29, 0.717) is 19.3 Å². The Labute approximate surface area is 489 Å². The topological polar surface area (TPSA) is 78.9 Å². The van der Waals surface area contributed by atoms with Gasteiger partial charge in [0.25, 0.3) is 0 Å². The lowest BCUT2D eigenvalue weighted by Gasteiger charge is -2.18. The van der Waals surface area contributed by atoms with Gasteiger partial charge in [-0.1, -0.05) is 323 Å². The monoisotopic (exact) mass is 1100 g/mol. The SMILES string of the molecule is CC/C=C\C/C=C\C/C=C\C/C=C\C/C=C\C/C=C\C/C=C\C/C=C\C/C=C\CCCC(=O)OCC(COC(=O)CCCCCCCC)OC(=O)CCCCCCCCCCCCCCCCCCCCCCCCCCCC. The summed E-state index contributed by atoms with van der Waals surface area (Å²) in [5.74, 6) is -0.958. The Balaban J connectivity index is 4.17. The third-order valence-electron chi connectivity index (χ3n) is 14.3. The molecule has 0 N–H and O–H groups in total. The molecule has 1 unspecified atom stereocenters. The first-order valence-corrected chi connectivity index (χ1v) is 33.4. The summed E-state index contributed by atoms with van der Waals surface area (Å²) in [4.78, 5) is 38.0. The molecule has 0 aliphatic carbocycles. The van der Waals surface area contributed by atoms with Crippen molar-refractivity contribution in [3.63, 3.8) is 0 Å². The van der Waals surface area contributed by atoms with Gasteiger partial charge in [-0.15, -0.1) is 0 Å². The minimum Gasteiger partial charge on any atom is -0.462 e. The van der Waals surface area contributed by atoms with Crippen LogP contribution in [-0.2, 0) is 28.6 Å². The molecule has 1 atom stereocenters. The molecular weight excluding hydrogens is 973 g/mol. The van der Waals surface area contributed by atoms with Crippen molar-refractivity contribution >= 4 is 17.9 Å². The molecule has 0 aromatic carbocycles. The summed E-state index contributed by atoms with van der Waals surface area (Å²) in [6, 6.07) is 0. The van der Waals surface area contributed by atoms with Crippen LogP contribution >= 0.6 is 0 Å². The van der Waals surface area contributed by atoms with Gasteiger partial charge >= 0.3 is 17.9 Å². The maximum absolute atomic E-state index is 12.9. The zero-order valence-electron chi connectivity index (χ0n) is 51.9. The van der Waals surface area contributed by atoms with Crippen molar-refractivity contribution in [2.24, 2.45) is 0 Å². The highest BCUT2D eigenvalue weighted by Crippen LogP contribution is 2.17. The Morgan fingerprint density at radius 1 is 0.266 bits per heavy atom.